The van der Waals surface area contributed by atoms with E-state index in [0.29, 0.717) is 5.92 Å². The summed E-state index contributed by atoms with van der Waals surface area (Å²) in [6.07, 6.45) is 3.69. The largest absolute Gasteiger partial charge is 0.379 e. The van der Waals surface area contributed by atoms with Gasteiger partial charge in [-0.15, -0.1) is 0 Å². The Bertz CT molecular complexity index is 129. The second-order valence-corrected chi connectivity index (χ2v) is 4.53. The van der Waals surface area contributed by atoms with E-state index in [0.717, 1.165) is 39.5 Å². The average molecular weight is 231 g/mol. The lowest BCUT2D eigenvalue weighted by atomic mass is 10.2. The van der Waals surface area contributed by atoms with Crippen molar-refractivity contribution in [3.05, 3.63) is 0 Å². The summed E-state index contributed by atoms with van der Waals surface area (Å²) in [4.78, 5) is 0. The first-order chi connectivity index (χ1) is 7.77. The number of unbranched alkanes of at least 4 members (excludes halogenated alkanes) is 2. The molecule has 0 aliphatic heterocycles. The van der Waals surface area contributed by atoms with E-state index in [2.05, 4.69) is 26.1 Å². The number of hydrogen-bond acceptors (Lipinski definition) is 3. The highest BCUT2D eigenvalue weighted by Crippen LogP contribution is 1.93. The molecule has 0 aliphatic carbocycles. The van der Waals surface area contributed by atoms with Crippen LogP contribution in [0.3, 0.4) is 0 Å². The number of rotatable bonds is 12. The zero-order chi connectivity index (χ0) is 12.1. The Morgan fingerprint density at radius 2 is 1.62 bits per heavy atom. The molecule has 0 heterocycles. The van der Waals surface area contributed by atoms with Crippen molar-refractivity contribution in [3.8, 4) is 0 Å². The first-order valence-electron chi connectivity index (χ1n) is 6.63. The number of nitrogens with one attached hydrogen (secondary N) is 1. The van der Waals surface area contributed by atoms with E-state index in [1.165, 1.54) is 19.3 Å². The minimum absolute atomic E-state index is 0.710. The first-order valence-corrected chi connectivity index (χ1v) is 6.63. The quantitative estimate of drug-likeness (QED) is 0.523. The molecule has 0 rings (SSSR count). The van der Waals surface area contributed by atoms with E-state index < -0.39 is 0 Å². The third-order valence-electron chi connectivity index (χ3n) is 2.24. The molecule has 0 bridgehead atoms. The molecule has 0 aromatic heterocycles. The van der Waals surface area contributed by atoms with Gasteiger partial charge in [-0.2, -0.15) is 0 Å². The van der Waals surface area contributed by atoms with Crippen molar-refractivity contribution in [2.75, 3.05) is 39.5 Å². The highest BCUT2D eigenvalue weighted by Gasteiger charge is 1.93. The Hall–Kier alpha value is -0.120. The maximum Gasteiger partial charge on any atom is 0.0701 e. The lowest BCUT2D eigenvalue weighted by Crippen LogP contribution is -2.24. The molecule has 0 atom stereocenters. The molecule has 0 radical (unpaired) electrons. The molecule has 0 aromatic rings. The van der Waals surface area contributed by atoms with Crippen molar-refractivity contribution in [2.24, 2.45) is 5.92 Å². The van der Waals surface area contributed by atoms with Crippen LogP contribution in [-0.2, 0) is 9.47 Å². The van der Waals surface area contributed by atoms with Crippen LogP contribution in [-0.4, -0.2) is 39.5 Å². The predicted molar refractivity (Wildman–Crippen MR) is 68.9 cm³/mol. The van der Waals surface area contributed by atoms with Crippen LogP contribution >= 0.6 is 0 Å². The predicted octanol–water partition coefficient (Wildman–Crippen LogP) is 2.46. The van der Waals surface area contributed by atoms with E-state index in [1.54, 1.807) is 0 Å². The van der Waals surface area contributed by atoms with Gasteiger partial charge in [-0.05, 0) is 18.9 Å². The number of ether oxygens (including phenoxy) is 2. The highest BCUT2D eigenvalue weighted by molar-refractivity contribution is 4.49. The molecule has 98 valence electrons. The molecule has 0 saturated heterocycles. The highest BCUT2D eigenvalue weighted by atomic mass is 16.5. The summed E-state index contributed by atoms with van der Waals surface area (Å²) in [6.45, 7) is 11.7. The molecule has 0 amide bonds. The molecular formula is C13H29NO2. The van der Waals surface area contributed by atoms with Gasteiger partial charge in [0.2, 0.25) is 0 Å². The number of hydrogen-bond donors (Lipinski definition) is 1. The molecule has 3 heteroatoms. The van der Waals surface area contributed by atoms with Crippen LogP contribution in [0.4, 0.5) is 0 Å². The van der Waals surface area contributed by atoms with E-state index in [-0.39, 0.29) is 0 Å². The van der Waals surface area contributed by atoms with Gasteiger partial charge in [-0.25, -0.2) is 0 Å². The first kappa shape index (κ1) is 15.9. The smallest absolute Gasteiger partial charge is 0.0701 e. The van der Waals surface area contributed by atoms with Gasteiger partial charge >= 0.3 is 0 Å². The monoisotopic (exact) mass is 231 g/mol. The van der Waals surface area contributed by atoms with Gasteiger partial charge in [0.15, 0.2) is 0 Å². The molecule has 3 nitrogen and oxygen atoms in total. The van der Waals surface area contributed by atoms with E-state index in [1.807, 2.05) is 0 Å². The molecule has 0 aromatic carbocycles. The zero-order valence-corrected chi connectivity index (χ0v) is 11.3. The molecule has 0 fully saturated rings. The second-order valence-electron chi connectivity index (χ2n) is 4.53. The Balaban J connectivity index is 2.88. The van der Waals surface area contributed by atoms with Crippen LogP contribution < -0.4 is 5.32 Å². The molecule has 0 aliphatic rings. The fraction of sp³-hybridized carbons (Fsp3) is 1.00. The molecule has 0 saturated carbocycles. The standard InChI is InChI=1S/C13H29NO2/c1-4-5-6-8-15-10-11-16-9-7-14-12-13(2)3/h13-14H,4-12H2,1-3H3. The summed E-state index contributed by atoms with van der Waals surface area (Å²) < 4.78 is 10.9. The van der Waals surface area contributed by atoms with Gasteiger partial charge in [-0.1, -0.05) is 33.6 Å². The van der Waals surface area contributed by atoms with Crippen LogP contribution in [0.15, 0.2) is 0 Å². The van der Waals surface area contributed by atoms with Gasteiger partial charge < -0.3 is 14.8 Å². The van der Waals surface area contributed by atoms with Crippen LogP contribution in [0.25, 0.3) is 0 Å². The van der Waals surface area contributed by atoms with Gasteiger partial charge in [-0.3, -0.25) is 0 Å². The summed E-state index contributed by atoms with van der Waals surface area (Å²) >= 11 is 0. The average Bonchev–Trinajstić information content (AvgIpc) is 2.25. The van der Waals surface area contributed by atoms with E-state index in [9.17, 15) is 0 Å². The molecule has 0 unspecified atom stereocenters. The van der Waals surface area contributed by atoms with Crippen molar-refractivity contribution in [3.63, 3.8) is 0 Å². The Labute approximate surface area is 101 Å². The molecule has 1 N–H and O–H groups in total. The van der Waals surface area contributed by atoms with Crippen LogP contribution in [0.5, 0.6) is 0 Å². The van der Waals surface area contributed by atoms with E-state index in [4.69, 9.17) is 9.47 Å². The van der Waals surface area contributed by atoms with Gasteiger partial charge in [0.1, 0.15) is 0 Å². The van der Waals surface area contributed by atoms with Gasteiger partial charge in [0.05, 0.1) is 19.8 Å². The maximum absolute atomic E-state index is 5.44. The SMILES string of the molecule is CCCCCOCCOCCNCC(C)C. The van der Waals surface area contributed by atoms with Crippen molar-refractivity contribution >= 4 is 0 Å². The second kappa shape index (κ2) is 12.9. The topological polar surface area (TPSA) is 30.5 Å². The summed E-state index contributed by atoms with van der Waals surface area (Å²) in [5.74, 6) is 0.710. The fourth-order valence-corrected chi connectivity index (χ4v) is 1.31. The van der Waals surface area contributed by atoms with Crippen molar-refractivity contribution < 1.29 is 9.47 Å². The lowest BCUT2D eigenvalue weighted by molar-refractivity contribution is 0.0473. The van der Waals surface area contributed by atoms with Crippen molar-refractivity contribution in [1.29, 1.82) is 0 Å². The van der Waals surface area contributed by atoms with Gasteiger partial charge in [0, 0.05) is 13.2 Å². The van der Waals surface area contributed by atoms with Gasteiger partial charge in [0.25, 0.3) is 0 Å². The minimum Gasteiger partial charge on any atom is -0.379 e. The summed E-state index contributed by atoms with van der Waals surface area (Å²) in [5, 5.41) is 3.34. The summed E-state index contributed by atoms with van der Waals surface area (Å²) in [6, 6.07) is 0. The third-order valence-corrected chi connectivity index (χ3v) is 2.24. The maximum atomic E-state index is 5.44. The molecule has 16 heavy (non-hydrogen) atoms. The molecule has 0 spiro atoms. The summed E-state index contributed by atoms with van der Waals surface area (Å²) in [5.41, 5.74) is 0. The van der Waals surface area contributed by atoms with E-state index >= 15 is 0 Å². The molecular weight excluding hydrogens is 202 g/mol. The van der Waals surface area contributed by atoms with Crippen LogP contribution in [0.1, 0.15) is 40.0 Å². The zero-order valence-electron chi connectivity index (χ0n) is 11.3. The minimum atomic E-state index is 0.710. The summed E-state index contributed by atoms with van der Waals surface area (Å²) in [7, 11) is 0. The van der Waals surface area contributed by atoms with Crippen LogP contribution in [0, 0.1) is 5.92 Å². The Morgan fingerprint density at radius 1 is 0.938 bits per heavy atom. The normalized spacial score (nSPS) is 11.2. The van der Waals surface area contributed by atoms with Crippen LogP contribution in [0.2, 0.25) is 0 Å². The van der Waals surface area contributed by atoms with Crippen molar-refractivity contribution in [2.45, 2.75) is 40.0 Å². The third kappa shape index (κ3) is 13.9. The fourth-order valence-electron chi connectivity index (χ4n) is 1.31. The van der Waals surface area contributed by atoms with Crippen molar-refractivity contribution in [1.82, 2.24) is 5.32 Å². The Morgan fingerprint density at radius 3 is 2.25 bits per heavy atom. The lowest BCUT2D eigenvalue weighted by Gasteiger charge is -2.08. The Kier molecular flexibility index (Phi) is 12.9.